The second kappa shape index (κ2) is 7.86. The second-order valence-corrected chi connectivity index (χ2v) is 4.51. The van der Waals surface area contributed by atoms with E-state index in [0.29, 0.717) is 18.7 Å². The van der Waals surface area contributed by atoms with E-state index in [0.717, 1.165) is 18.5 Å². The number of likely N-dealkylation sites (N-methyl/N-ethyl adjacent to an activating group) is 1. The predicted molar refractivity (Wildman–Crippen MR) is 73.9 cm³/mol. The van der Waals surface area contributed by atoms with Crippen LogP contribution in [0.4, 0.5) is 4.39 Å². The first-order valence-electron chi connectivity index (χ1n) is 6.51. The summed E-state index contributed by atoms with van der Waals surface area (Å²) in [5, 5.41) is 2.58. The smallest absolute Gasteiger partial charge is 0.233 e. The van der Waals surface area contributed by atoms with Crippen LogP contribution < -0.4 is 11.1 Å². The van der Waals surface area contributed by atoms with Crippen molar-refractivity contribution in [1.82, 2.24) is 10.2 Å². The zero-order valence-electron chi connectivity index (χ0n) is 11.6. The fourth-order valence-corrected chi connectivity index (χ4v) is 1.93. The van der Waals surface area contributed by atoms with Gasteiger partial charge in [0.05, 0.1) is 6.54 Å². The van der Waals surface area contributed by atoms with Gasteiger partial charge in [-0.25, -0.2) is 4.39 Å². The molecule has 3 N–H and O–H groups in total. The summed E-state index contributed by atoms with van der Waals surface area (Å²) in [4.78, 5) is 13.4. The van der Waals surface area contributed by atoms with Crippen LogP contribution in [0.5, 0.6) is 0 Å². The maximum Gasteiger partial charge on any atom is 0.233 e. The third kappa shape index (κ3) is 4.96. The molecule has 0 fully saturated rings. The maximum absolute atomic E-state index is 13.8. The van der Waals surface area contributed by atoms with Gasteiger partial charge in [0.2, 0.25) is 5.91 Å². The second-order valence-electron chi connectivity index (χ2n) is 4.51. The summed E-state index contributed by atoms with van der Waals surface area (Å²) in [6, 6.07) is 4.88. The molecule has 5 heteroatoms. The van der Waals surface area contributed by atoms with Gasteiger partial charge in [0.25, 0.3) is 0 Å². The van der Waals surface area contributed by atoms with Crippen LogP contribution in [0.2, 0.25) is 0 Å². The first kappa shape index (κ1) is 15.6. The van der Waals surface area contributed by atoms with E-state index in [-0.39, 0.29) is 18.3 Å². The quantitative estimate of drug-likeness (QED) is 0.781. The highest BCUT2D eigenvalue weighted by Gasteiger charge is 2.12. The molecular weight excluding hydrogens is 245 g/mol. The van der Waals surface area contributed by atoms with Gasteiger partial charge < -0.3 is 11.1 Å². The molecule has 1 amide bonds. The summed E-state index contributed by atoms with van der Waals surface area (Å²) < 4.78 is 13.8. The average molecular weight is 267 g/mol. The molecule has 0 saturated carbocycles. The van der Waals surface area contributed by atoms with Crippen molar-refractivity contribution in [3.8, 4) is 0 Å². The van der Waals surface area contributed by atoms with E-state index in [4.69, 9.17) is 5.73 Å². The summed E-state index contributed by atoms with van der Waals surface area (Å²) >= 11 is 0. The van der Waals surface area contributed by atoms with Gasteiger partial charge in [-0.3, -0.25) is 9.69 Å². The van der Waals surface area contributed by atoms with Crippen LogP contribution >= 0.6 is 0 Å². The van der Waals surface area contributed by atoms with Gasteiger partial charge in [-0.2, -0.15) is 0 Å². The number of halogens is 1. The number of rotatable bonds is 7. The molecule has 0 aliphatic heterocycles. The van der Waals surface area contributed by atoms with Crippen molar-refractivity contribution in [3.63, 3.8) is 0 Å². The summed E-state index contributed by atoms with van der Waals surface area (Å²) in [5.41, 5.74) is 7.04. The third-order valence-electron chi connectivity index (χ3n) is 2.93. The standard InChI is InChI=1S/C14H22FN3O/c1-3-6-18(10-14(19)17-2)9-12-7-11(8-16)4-5-13(12)15/h4-5,7H,3,6,8-10,16H2,1-2H3,(H,17,19). The number of nitrogens with zero attached hydrogens (tertiary/aromatic N) is 1. The van der Waals surface area contributed by atoms with Crippen molar-refractivity contribution in [2.75, 3.05) is 20.1 Å². The Bertz CT molecular complexity index is 423. The molecule has 0 saturated heterocycles. The van der Waals surface area contributed by atoms with Gasteiger partial charge >= 0.3 is 0 Å². The van der Waals surface area contributed by atoms with Crippen LogP contribution in [-0.2, 0) is 17.9 Å². The minimum absolute atomic E-state index is 0.0659. The lowest BCUT2D eigenvalue weighted by atomic mass is 10.1. The molecule has 1 aromatic rings. The molecule has 0 atom stereocenters. The molecule has 0 unspecified atom stereocenters. The lowest BCUT2D eigenvalue weighted by Crippen LogP contribution is -2.35. The van der Waals surface area contributed by atoms with E-state index >= 15 is 0 Å². The minimum Gasteiger partial charge on any atom is -0.358 e. The fourth-order valence-electron chi connectivity index (χ4n) is 1.93. The molecule has 4 nitrogen and oxygen atoms in total. The van der Waals surface area contributed by atoms with Gasteiger partial charge in [0.15, 0.2) is 0 Å². The highest BCUT2D eigenvalue weighted by Crippen LogP contribution is 2.13. The van der Waals surface area contributed by atoms with Crippen LogP contribution in [0.15, 0.2) is 18.2 Å². The van der Waals surface area contributed by atoms with Crippen LogP contribution in [0, 0.1) is 5.82 Å². The lowest BCUT2D eigenvalue weighted by molar-refractivity contribution is -0.121. The molecule has 0 aromatic heterocycles. The largest absolute Gasteiger partial charge is 0.358 e. The van der Waals surface area contributed by atoms with Crippen LogP contribution in [0.3, 0.4) is 0 Å². The van der Waals surface area contributed by atoms with Gasteiger partial charge in [0, 0.05) is 25.7 Å². The van der Waals surface area contributed by atoms with Gasteiger partial charge in [-0.1, -0.05) is 19.1 Å². The van der Waals surface area contributed by atoms with Gasteiger partial charge in [-0.05, 0) is 24.6 Å². The molecule has 0 bridgehead atoms. The number of hydrogen-bond donors (Lipinski definition) is 2. The number of benzene rings is 1. The Labute approximate surface area is 113 Å². The normalized spacial score (nSPS) is 10.8. The number of carbonyl (C=O) groups excluding carboxylic acids is 1. The Morgan fingerprint density at radius 3 is 2.79 bits per heavy atom. The number of hydrogen-bond acceptors (Lipinski definition) is 3. The third-order valence-corrected chi connectivity index (χ3v) is 2.93. The molecule has 0 heterocycles. The van der Waals surface area contributed by atoms with E-state index in [1.165, 1.54) is 6.07 Å². The number of nitrogens with one attached hydrogen (secondary N) is 1. The van der Waals surface area contributed by atoms with E-state index in [1.807, 2.05) is 11.8 Å². The maximum atomic E-state index is 13.8. The Morgan fingerprint density at radius 2 is 2.21 bits per heavy atom. The van der Waals surface area contributed by atoms with E-state index in [9.17, 15) is 9.18 Å². The molecular formula is C14H22FN3O. The summed E-state index contributed by atoms with van der Waals surface area (Å²) in [6.07, 6.45) is 0.912. The highest BCUT2D eigenvalue weighted by atomic mass is 19.1. The fraction of sp³-hybridized carbons (Fsp3) is 0.500. The van der Waals surface area contributed by atoms with Crippen molar-refractivity contribution < 1.29 is 9.18 Å². The van der Waals surface area contributed by atoms with Crippen LogP contribution in [-0.4, -0.2) is 30.9 Å². The van der Waals surface area contributed by atoms with Crippen molar-refractivity contribution in [3.05, 3.63) is 35.1 Å². The lowest BCUT2D eigenvalue weighted by Gasteiger charge is -2.21. The van der Waals surface area contributed by atoms with Gasteiger partial charge in [0.1, 0.15) is 5.82 Å². The van der Waals surface area contributed by atoms with E-state index < -0.39 is 0 Å². The summed E-state index contributed by atoms with van der Waals surface area (Å²) in [6.45, 7) is 3.86. The molecule has 1 aromatic carbocycles. The average Bonchev–Trinajstić information content (AvgIpc) is 2.41. The highest BCUT2D eigenvalue weighted by molar-refractivity contribution is 5.77. The molecule has 0 aliphatic carbocycles. The number of nitrogens with two attached hydrogens (primary N) is 1. The minimum atomic E-state index is -0.254. The van der Waals surface area contributed by atoms with Crippen molar-refractivity contribution in [2.24, 2.45) is 5.73 Å². The first-order valence-corrected chi connectivity index (χ1v) is 6.51. The number of carbonyl (C=O) groups is 1. The zero-order valence-corrected chi connectivity index (χ0v) is 11.6. The monoisotopic (exact) mass is 267 g/mol. The molecule has 0 spiro atoms. The molecule has 1 rings (SSSR count). The molecule has 19 heavy (non-hydrogen) atoms. The Morgan fingerprint density at radius 1 is 1.47 bits per heavy atom. The van der Waals surface area contributed by atoms with E-state index in [2.05, 4.69) is 5.32 Å². The molecule has 0 aliphatic rings. The topological polar surface area (TPSA) is 58.4 Å². The SMILES string of the molecule is CCCN(CC(=O)NC)Cc1cc(CN)ccc1F. The van der Waals surface area contributed by atoms with Crippen molar-refractivity contribution in [1.29, 1.82) is 0 Å². The molecule has 106 valence electrons. The number of amides is 1. The first-order chi connectivity index (χ1) is 9.10. The Kier molecular flexibility index (Phi) is 6.45. The van der Waals surface area contributed by atoms with Crippen LogP contribution in [0.25, 0.3) is 0 Å². The summed E-state index contributed by atoms with van der Waals surface area (Å²) in [7, 11) is 1.60. The van der Waals surface area contributed by atoms with Crippen LogP contribution in [0.1, 0.15) is 24.5 Å². The van der Waals surface area contributed by atoms with Crippen molar-refractivity contribution in [2.45, 2.75) is 26.4 Å². The summed E-state index contributed by atoms with van der Waals surface area (Å²) in [5.74, 6) is -0.320. The van der Waals surface area contributed by atoms with E-state index in [1.54, 1.807) is 19.2 Å². The predicted octanol–water partition coefficient (Wildman–Crippen LogP) is 1.24. The van der Waals surface area contributed by atoms with Crippen molar-refractivity contribution >= 4 is 5.91 Å². The van der Waals surface area contributed by atoms with Gasteiger partial charge in [-0.15, -0.1) is 0 Å². The molecule has 0 radical (unpaired) electrons. The zero-order chi connectivity index (χ0) is 14.3. The Balaban J connectivity index is 2.80. The Hall–Kier alpha value is -1.46.